The van der Waals surface area contributed by atoms with Crippen molar-refractivity contribution in [1.29, 1.82) is 0 Å². The van der Waals surface area contributed by atoms with Crippen molar-refractivity contribution in [2.75, 3.05) is 19.8 Å². The molecule has 1 saturated carbocycles. The number of hydrogen-bond acceptors (Lipinski definition) is 3. The molecule has 3 nitrogen and oxygen atoms in total. The highest BCUT2D eigenvalue weighted by molar-refractivity contribution is 5.35. The van der Waals surface area contributed by atoms with Crippen LogP contribution >= 0.6 is 0 Å². The zero-order valence-electron chi connectivity index (χ0n) is 17.2. The SMILES string of the molecule is CCCOc1ccc(OCC2CCC(C3CCC(CC)CC3)OC2)c(F)c1F. The van der Waals surface area contributed by atoms with Gasteiger partial charge < -0.3 is 14.2 Å². The maximum absolute atomic E-state index is 14.2. The summed E-state index contributed by atoms with van der Waals surface area (Å²) in [5.74, 6) is -0.261. The van der Waals surface area contributed by atoms with Crippen molar-refractivity contribution >= 4 is 0 Å². The minimum atomic E-state index is -0.978. The molecule has 0 radical (unpaired) electrons. The molecular weight excluding hydrogens is 362 g/mol. The van der Waals surface area contributed by atoms with Gasteiger partial charge in [-0.25, -0.2) is 0 Å². The lowest BCUT2D eigenvalue weighted by Gasteiger charge is -2.37. The highest BCUT2D eigenvalue weighted by Gasteiger charge is 2.31. The van der Waals surface area contributed by atoms with E-state index in [1.165, 1.54) is 44.2 Å². The summed E-state index contributed by atoms with van der Waals surface area (Å²) >= 11 is 0. The molecule has 1 aromatic rings. The Labute approximate surface area is 167 Å². The molecule has 0 aromatic heterocycles. The van der Waals surface area contributed by atoms with E-state index in [1.807, 2.05) is 6.92 Å². The summed E-state index contributed by atoms with van der Waals surface area (Å²) < 4.78 is 45.2. The monoisotopic (exact) mass is 396 g/mol. The maximum atomic E-state index is 14.2. The molecule has 2 unspecified atom stereocenters. The molecular formula is C23H34F2O3. The van der Waals surface area contributed by atoms with Gasteiger partial charge in [0.05, 0.1) is 25.9 Å². The van der Waals surface area contributed by atoms with Crippen LogP contribution in [-0.4, -0.2) is 25.9 Å². The predicted octanol–water partition coefficient (Wildman–Crippen LogP) is 6.14. The molecule has 1 saturated heterocycles. The summed E-state index contributed by atoms with van der Waals surface area (Å²) in [5, 5.41) is 0. The molecule has 0 bridgehead atoms. The fourth-order valence-electron chi connectivity index (χ4n) is 4.45. The minimum absolute atomic E-state index is 0.0543. The van der Waals surface area contributed by atoms with Crippen LogP contribution in [-0.2, 0) is 4.74 Å². The van der Waals surface area contributed by atoms with Crippen LogP contribution in [0.2, 0.25) is 0 Å². The van der Waals surface area contributed by atoms with E-state index >= 15 is 0 Å². The van der Waals surface area contributed by atoms with E-state index in [9.17, 15) is 8.78 Å². The zero-order valence-corrected chi connectivity index (χ0v) is 17.2. The van der Waals surface area contributed by atoms with E-state index in [4.69, 9.17) is 14.2 Å². The van der Waals surface area contributed by atoms with Crippen LogP contribution in [0.15, 0.2) is 12.1 Å². The van der Waals surface area contributed by atoms with E-state index in [-0.39, 0.29) is 17.4 Å². The van der Waals surface area contributed by atoms with Gasteiger partial charge >= 0.3 is 0 Å². The summed E-state index contributed by atoms with van der Waals surface area (Å²) in [6.07, 6.45) is 9.66. The van der Waals surface area contributed by atoms with Crippen LogP contribution in [0.4, 0.5) is 8.78 Å². The lowest BCUT2D eigenvalue weighted by Crippen LogP contribution is -2.35. The van der Waals surface area contributed by atoms with Crippen molar-refractivity contribution in [2.24, 2.45) is 17.8 Å². The van der Waals surface area contributed by atoms with Crippen molar-refractivity contribution in [3.8, 4) is 11.5 Å². The third-order valence-corrected chi connectivity index (χ3v) is 6.35. The molecule has 2 atom stereocenters. The number of ether oxygens (including phenoxy) is 3. The van der Waals surface area contributed by atoms with E-state index in [1.54, 1.807) is 0 Å². The molecule has 158 valence electrons. The lowest BCUT2D eigenvalue weighted by molar-refractivity contribution is -0.0654. The average molecular weight is 397 g/mol. The normalized spacial score (nSPS) is 28.1. The van der Waals surface area contributed by atoms with Gasteiger partial charge in [0.15, 0.2) is 11.5 Å². The van der Waals surface area contributed by atoms with Crippen molar-refractivity contribution < 1.29 is 23.0 Å². The van der Waals surface area contributed by atoms with E-state index in [2.05, 4.69) is 6.92 Å². The molecule has 28 heavy (non-hydrogen) atoms. The molecule has 1 aliphatic carbocycles. The molecule has 1 aromatic carbocycles. The summed E-state index contributed by atoms with van der Waals surface area (Å²) in [6.45, 7) is 5.55. The molecule has 2 aliphatic rings. The second kappa shape index (κ2) is 10.4. The van der Waals surface area contributed by atoms with Gasteiger partial charge in [0, 0.05) is 5.92 Å². The summed E-state index contributed by atoms with van der Waals surface area (Å²) in [7, 11) is 0. The first-order valence-corrected chi connectivity index (χ1v) is 11.0. The first-order chi connectivity index (χ1) is 13.6. The number of benzene rings is 1. The Kier molecular flexibility index (Phi) is 7.95. The van der Waals surface area contributed by atoms with Crippen LogP contribution in [0.3, 0.4) is 0 Å². The van der Waals surface area contributed by atoms with Gasteiger partial charge in [-0.2, -0.15) is 8.78 Å². The molecule has 3 rings (SSSR count). The fraction of sp³-hybridized carbons (Fsp3) is 0.739. The zero-order chi connectivity index (χ0) is 19.9. The van der Waals surface area contributed by atoms with E-state index < -0.39 is 11.6 Å². The average Bonchev–Trinajstić information content (AvgIpc) is 2.74. The van der Waals surface area contributed by atoms with Crippen molar-refractivity contribution in [2.45, 2.75) is 71.3 Å². The van der Waals surface area contributed by atoms with Crippen molar-refractivity contribution in [3.05, 3.63) is 23.8 Å². The number of rotatable bonds is 8. The van der Waals surface area contributed by atoms with Gasteiger partial charge in [0.25, 0.3) is 0 Å². The molecule has 0 N–H and O–H groups in total. The van der Waals surface area contributed by atoms with Gasteiger partial charge in [-0.1, -0.05) is 33.1 Å². The highest BCUT2D eigenvalue weighted by atomic mass is 19.2. The second-order valence-corrected chi connectivity index (χ2v) is 8.35. The molecule has 1 aliphatic heterocycles. The van der Waals surface area contributed by atoms with Gasteiger partial charge in [-0.15, -0.1) is 0 Å². The number of hydrogen-bond donors (Lipinski definition) is 0. The summed E-state index contributed by atoms with van der Waals surface area (Å²) in [6, 6.07) is 2.88. The summed E-state index contributed by atoms with van der Waals surface area (Å²) in [5.41, 5.74) is 0. The first kappa shape index (κ1) is 21.4. The van der Waals surface area contributed by atoms with Gasteiger partial charge in [0.1, 0.15) is 0 Å². The third kappa shape index (κ3) is 5.37. The Morgan fingerprint density at radius 1 is 0.893 bits per heavy atom. The van der Waals surface area contributed by atoms with Crippen LogP contribution < -0.4 is 9.47 Å². The number of halogens is 2. The Morgan fingerprint density at radius 2 is 1.54 bits per heavy atom. The molecule has 0 amide bonds. The summed E-state index contributed by atoms with van der Waals surface area (Å²) in [4.78, 5) is 0. The molecule has 5 heteroatoms. The minimum Gasteiger partial charge on any atom is -0.490 e. The first-order valence-electron chi connectivity index (χ1n) is 11.0. The smallest absolute Gasteiger partial charge is 0.204 e. The van der Waals surface area contributed by atoms with Gasteiger partial charge in [0.2, 0.25) is 11.6 Å². The molecule has 2 fully saturated rings. The second-order valence-electron chi connectivity index (χ2n) is 8.35. The Bertz CT molecular complexity index is 606. The van der Waals surface area contributed by atoms with Gasteiger partial charge in [-0.05, 0) is 56.1 Å². The Morgan fingerprint density at radius 3 is 2.11 bits per heavy atom. The topological polar surface area (TPSA) is 27.7 Å². The van der Waals surface area contributed by atoms with E-state index in [0.717, 1.165) is 25.2 Å². The quantitative estimate of drug-likeness (QED) is 0.528. The standard InChI is InChI=1S/C23H34F2O3/c1-3-13-26-20-11-12-21(23(25)22(20)24)28-15-17-7-10-19(27-14-17)18-8-5-16(4-2)6-9-18/h11-12,16-19H,3-10,13-15H2,1-2H3. The Hall–Kier alpha value is -1.36. The highest BCUT2D eigenvalue weighted by Crippen LogP contribution is 2.37. The van der Waals surface area contributed by atoms with Crippen LogP contribution in [0.25, 0.3) is 0 Å². The van der Waals surface area contributed by atoms with Crippen LogP contribution in [0, 0.1) is 29.4 Å². The van der Waals surface area contributed by atoms with Crippen molar-refractivity contribution in [3.63, 3.8) is 0 Å². The van der Waals surface area contributed by atoms with Gasteiger partial charge in [-0.3, -0.25) is 0 Å². The lowest BCUT2D eigenvalue weighted by atomic mass is 9.76. The maximum Gasteiger partial charge on any atom is 0.204 e. The van der Waals surface area contributed by atoms with Crippen molar-refractivity contribution in [1.82, 2.24) is 0 Å². The molecule has 0 spiro atoms. The van der Waals surface area contributed by atoms with Crippen LogP contribution in [0.5, 0.6) is 11.5 Å². The Balaban J connectivity index is 1.44. The van der Waals surface area contributed by atoms with Crippen LogP contribution in [0.1, 0.15) is 65.2 Å². The third-order valence-electron chi connectivity index (χ3n) is 6.35. The predicted molar refractivity (Wildman–Crippen MR) is 106 cm³/mol. The molecule has 1 heterocycles. The van der Waals surface area contributed by atoms with E-state index in [0.29, 0.717) is 31.8 Å². The largest absolute Gasteiger partial charge is 0.490 e. The fourth-order valence-corrected chi connectivity index (χ4v) is 4.45.